The minimum atomic E-state index is -4.73. The molecule has 0 aliphatic heterocycles. The van der Waals surface area contributed by atoms with E-state index in [0.29, 0.717) is 11.1 Å². The lowest BCUT2D eigenvalue weighted by molar-refractivity contribution is -0.141. The monoisotopic (exact) mass is 532 g/mol. The Morgan fingerprint density at radius 3 is 2.69 bits per heavy atom. The second-order valence-corrected chi connectivity index (χ2v) is 7.71. The van der Waals surface area contributed by atoms with Crippen LogP contribution >= 0.6 is 34.2 Å². The van der Waals surface area contributed by atoms with Crippen molar-refractivity contribution in [2.75, 3.05) is 0 Å². The van der Waals surface area contributed by atoms with Crippen molar-refractivity contribution in [1.82, 2.24) is 19.7 Å². The summed E-state index contributed by atoms with van der Waals surface area (Å²) in [6, 6.07) is 7.12. The minimum absolute atomic E-state index is 0.0523. The van der Waals surface area contributed by atoms with Gasteiger partial charge in [-0.15, -0.1) is 0 Å². The molecule has 1 aromatic carbocycles. The number of hydrogen-bond acceptors (Lipinski definition) is 5. The molecule has 0 radical (unpaired) electrons. The lowest BCUT2D eigenvalue weighted by Gasteiger charge is -2.08. The number of nitrogens with zero attached hydrogens (tertiary/aromatic N) is 4. The van der Waals surface area contributed by atoms with Crippen molar-refractivity contribution in [2.24, 2.45) is 0 Å². The predicted octanol–water partition coefficient (Wildman–Crippen LogP) is 5.02. The van der Waals surface area contributed by atoms with Crippen LogP contribution in [0.25, 0.3) is 28.3 Å². The molecule has 3 heterocycles. The Morgan fingerprint density at radius 1 is 1.24 bits per heavy atom. The quantitative estimate of drug-likeness (QED) is 0.339. The zero-order chi connectivity index (χ0) is 20.9. The summed E-state index contributed by atoms with van der Waals surface area (Å²) in [4.78, 5) is 20.8. The zero-order valence-corrected chi connectivity index (χ0v) is 17.4. The summed E-state index contributed by atoms with van der Waals surface area (Å²) in [6.45, 7) is 1.74. The molecule has 0 spiro atoms. The van der Waals surface area contributed by atoms with E-state index < -0.39 is 17.5 Å². The SMILES string of the molecule is Cc1cc(I)cc2c(=O)oc(-c3cc(C(F)(F)F)nn3-c3ncccc3Cl)nc12. The summed E-state index contributed by atoms with van der Waals surface area (Å²) in [5.74, 6) is -0.375. The number of alkyl halides is 3. The number of hydrogen-bond donors (Lipinski definition) is 0. The molecule has 6 nitrogen and oxygen atoms in total. The molecule has 148 valence electrons. The highest BCUT2D eigenvalue weighted by Gasteiger charge is 2.36. The van der Waals surface area contributed by atoms with Gasteiger partial charge in [0.25, 0.3) is 0 Å². The van der Waals surface area contributed by atoms with Gasteiger partial charge in [-0.1, -0.05) is 11.6 Å². The maximum absolute atomic E-state index is 13.3. The van der Waals surface area contributed by atoms with Gasteiger partial charge >= 0.3 is 11.8 Å². The fourth-order valence-corrected chi connectivity index (χ4v) is 3.76. The van der Waals surface area contributed by atoms with Gasteiger partial charge in [-0.2, -0.15) is 18.3 Å². The molecular weight excluding hydrogens is 524 g/mol. The first-order valence-electron chi connectivity index (χ1n) is 8.04. The molecule has 3 aromatic heterocycles. The fourth-order valence-electron chi connectivity index (χ4n) is 2.78. The summed E-state index contributed by atoms with van der Waals surface area (Å²) in [7, 11) is 0. The van der Waals surface area contributed by atoms with E-state index >= 15 is 0 Å². The third-order valence-corrected chi connectivity index (χ3v) is 4.96. The van der Waals surface area contributed by atoms with Crippen molar-refractivity contribution in [3.63, 3.8) is 0 Å². The van der Waals surface area contributed by atoms with Crippen LogP contribution in [0, 0.1) is 10.5 Å². The second kappa shape index (κ2) is 7.10. The molecule has 29 heavy (non-hydrogen) atoms. The first-order chi connectivity index (χ1) is 13.6. The molecule has 0 saturated carbocycles. The standard InChI is InChI=1S/C18H9ClF3IN4O2/c1-8-5-9(23)6-10-14(8)25-16(29-17(10)28)12-7-13(18(20,21)22)26-27(12)15-11(19)3-2-4-24-15/h2-7H,1H3. The largest absolute Gasteiger partial charge is 0.435 e. The lowest BCUT2D eigenvalue weighted by atomic mass is 10.1. The number of aryl methyl sites for hydroxylation is 1. The van der Waals surface area contributed by atoms with E-state index in [1.807, 2.05) is 22.6 Å². The molecule has 0 N–H and O–H groups in total. The highest BCUT2D eigenvalue weighted by atomic mass is 127. The van der Waals surface area contributed by atoms with Crippen LogP contribution in [0.5, 0.6) is 0 Å². The van der Waals surface area contributed by atoms with Gasteiger partial charge in [0.2, 0.25) is 5.89 Å². The van der Waals surface area contributed by atoms with Gasteiger partial charge in [0.1, 0.15) is 5.69 Å². The molecule has 0 aliphatic carbocycles. The van der Waals surface area contributed by atoms with Crippen LogP contribution in [0.4, 0.5) is 13.2 Å². The summed E-state index contributed by atoms with van der Waals surface area (Å²) in [5, 5.41) is 3.88. The number of aromatic nitrogens is 4. The third kappa shape index (κ3) is 3.62. The molecular formula is C18H9ClF3IN4O2. The Hall–Kier alpha value is -2.47. The zero-order valence-electron chi connectivity index (χ0n) is 14.5. The van der Waals surface area contributed by atoms with Gasteiger partial charge in [0.05, 0.1) is 15.9 Å². The molecule has 4 aromatic rings. The average molecular weight is 533 g/mol. The first-order valence-corrected chi connectivity index (χ1v) is 9.50. The van der Waals surface area contributed by atoms with Gasteiger partial charge in [0, 0.05) is 15.8 Å². The van der Waals surface area contributed by atoms with Gasteiger partial charge < -0.3 is 4.42 Å². The van der Waals surface area contributed by atoms with Gasteiger partial charge in [-0.3, -0.25) is 0 Å². The van der Waals surface area contributed by atoms with E-state index in [1.165, 1.54) is 18.3 Å². The average Bonchev–Trinajstić information content (AvgIpc) is 3.08. The van der Waals surface area contributed by atoms with Crippen LogP contribution in [0.15, 0.2) is 45.7 Å². The molecule has 0 saturated heterocycles. The van der Waals surface area contributed by atoms with E-state index in [9.17, 15) is 18.0 Å². The van der Waals surface area contributed by atoms with Crippen molar-refractivity contribution in [1.29, 1.82) is 0 Å². The Bertz CT molecular complexity index is 1320. The molecule has 11 heteroatoms. The van der Waals surface area contributed by atoms with Gasteiger partial charge in [-0.05, 0) is 59.3 Å². The molecule has 0 aliphatic rings. The summed E-state index contributed by atoms with van der Waals surface area (Å²) in [5.41, 5.74) is -1.11. The summed E-state index contributed by atoms with van der Waals surface area (Å²) >= 11 is 8.14. The lowest BCUT2D eigenvalue weighted by Crippen LogP contribution is -2.09. The molecule has 0 amide bonds. The number of pyridine rings is 1. The maximum Gasteiger partial charge on any atom is 0.435 e. The van der Waals surface area contributed by atoms with E-state index in [-0.39, 0.29) is 27.8 Å². The van der Waals surface area contributed by atoms with Crippen molar-refractivity contribution in [2.45, 2.75) is 13.1 Å². The Kier molecular flexibility index (Phi) is 4.85. The smallest absolute Gasteiger partial charge is 0.401 e. The van der Waals surface area contributed by atoms with E-state index in [2.05, 4.69) is 15.1 Å². The minimum Gasteiger partial charge on any atom is -0.401 e. The predicted molar refractivity (Wildman–Crippen MR) is 108 cm³/mol. The fraction of sp³-hybridized carbons (Fsp3) is 0.111. The third-order valence-electron chi connectivity index (χ3n) is 4.05. The number of halogens is 5. The Labute approximate surface area is 179 Å². The van der Waals surface area contributed by atoms with Crippen LogP contribution in [0.2, 0.25) is 5.02 Å². The summed E-state index contributed by atoms with van der Waals surface area (Å²) in [6.07, 6.45) is -3.37. The summed E-state index contributed by atoms with van der Waals surface area (Å²) < 4.78 is 46.8. The van der Waals surface area contributed by atoms with E-state index in [4.69, 9.17) is 16.0 Å². The molecule has 0 atom stereocenters. The van der Waals surface area contributed by atoms with Crippen LogP contribution in [-0.4, -0.2) is 19.7 Å². The van der Waals surface area contributed by atoms with Gasteiger partial charge in [0.15, 0.2) is 11.5 Å². The normalized spacial score (nSPS) is 11.9. The molecule has 0 fully saturated rings. The second-order valence-electron chi connectivity index (χ2n) is 6.06. The molecule has 0 unspecified atom stereocenters. The topological polar surface area (TPSA) is 73.8 Å². The Morgan fingerprint density at radius 2 is 2.00 bits per heavy atom. The van der Waals surface area contributed by atoms with Crippen molar-refractivity contribution >= 4 is 45.1 Å². The van der Waals surface area contributed by atoms with E-state index in [1.54, 1.807) is 19.1 Å². The van der Waals surface area contributed by atoms with Gasteiger partial charge in [-0.25, -0.2) is 19.4 Å². The van der Waals surface area contributed by atoms with Crippen molar-refractivity contribution < 1.29 is 17.6 Å². The molecule has 0 bridgehead atoms. The Balaban J connectivity index is 2.04. The first kappa shape index (κ1) is 19.8. The van der Waals surface area contributed by atoms with Crippen LogP contribution in [0.1, 0.15) is 11.3 Å². The number of benzene rings is 1. The number of fused-ring (bicyclic) bond motifs is 1. The van der Waals surface area contributed by atoms with Crippen LogP contribution in [-0.2, 0) is 6.18 Å². The van der Waals surface area contributed by atoms with Crippen molar-refractivity contribution in [3.05, 3.63) is 66.8 Å². The van der Waals surface area contributed by atoms with E-state index in [0.717, 1.165) is 14.3 Å². The highest BCUT2D eigenvalue weighted by Crippen LogP contribution is 2.33. The molecule has 4 rings (SSSR count). The highest BCUT2D eigenvalue weighted by molar-refractivity contribution is 14.1. The van der Waals surface area contributed by atoms with Crippen LogP contribution in [0.3, 0.4) is 0 Å². The number of rotatable bonds is 2. The maximum atomic E-state index is 13.3. The van der Waals surface area contributed by atoms with Crippen LogP contribution < -0.4 is 5.63 Å². The van der Waals surface area contributed by atoms with Crippen molar-refractivity contribution in [3.8, 4) is 17.4 Å².